The van der Waals surface area contributed by atoms with Crippen LogP contribution in [-0.4, -0.2) is 42.0 Å². The van der Waals surface area contributed by atoms with Crippen LogP contribution >= 0.6 is 11.3 Å². The fourth-order valence-corrected chi connectivity index (χ4v) is 3.96. The van der Waals surface area contributed by atoms with Gasteiger partial charge in [0.15, 0.2) is 12.4 Å². The van der Waals surface area contributed by atoms with E-state index >= 15 is 0 Å². The molecule has 1 aromatic carbocycles. The minimum atomic E-state index is -0.640. The maximum atomic E-state index is 12.6. The minimum Gasteiger partial charge on any atom is -0.477 e. The maximum absolute atomic E-state index is 12.6. The Kier molecular flexibility index (Phi) is 5.70. The molecule has 1 aliphatic rings. The number of nitrogens with zero attached hydrogens (tertiary/aromatic N) is 2. The van der Waals surface area contributed by atoms with Gasteiger partial charge in [0, 0.05) is 23.6 Å². The number of esters is 1. The number of benzene rings is 1. The van der Waals surface area contributed by atoms with E-state index in [0.29, 0.717) is 6.54 Å². The van der Waals surface area contributed by atoms with E-state index in [1.165, 1.54) is 19.2 Å². The number of carbonyl (C=O) groups excluding carboxylic acids is 2. The van der Waals surface area contributed by atoms with Crippen LogP contribution in [0.25, 0.3) is 0 Å². The molecule has 0 spiro atoms. The van der Waals surface area contributed by atoms with E-state index in [0.717, 1.165) is 23.8 Å². The van der Waals surface area contributed by atoms with Crippen LogP contribution < -0.4 is 4.74 Å². The smallest absolute Gasteiger partial charge is 0.337 e. The van der Waals surface area contributed by atoms with Gasteiger partial charge in [-0.3, -0.25) is 14.9 Å². The summed E-state index contributed by atoms with van der Waals surface area (Å²) < 4.78 is 10.1. The monoisotopic (exact) mass is 390 g/mol. The number of methoxy groups -OCH3 is 1. The van der Waals surface area contributed by atoms with Crippen LogP contribution in [-0.2, 0) is 9.53 Å². The highest BCUT2D eigenvalue weighted by molar-refractivity contribution is 7.10. The Labute approximate surface area is 159 Å². The Balaban J connectivity index is 1.74. The molecule has 1 aliphatic heterocycles. The quantitative estimate of drug-likeness (QED) is 0.427. The second kappa shape index (κ2) is 8.17. The molecule has 27 heavy (non-hydrogen) atoms. The lowest BCUT2D eigenvalue weighted by molar-refractivity contribution is -0.385. The summed E-state index contributed by atoms with van der Waals surface area (Å²) in [5.41, 5.74) is -0.199. The number of likely N-dealkylation sites (tertiary alicyclic amines) is 1. The van der Waals surface area contributed by atoms with Gasteiger partial charge in [0.25, 0.3) is 5.91 Å². The summed E-state index contributed by atoms with van der Waals surface area (Å²) in [6, 6.07) is 7.61. The fraction of sp³-hybridized carbons (Fsp3) is 0.333. The van der Waals surface area contributed by atoms with Crippen molar-refractivity contribution in [3.05, 3.63) is 56.3 Å². The van der Waals surface area contributed by atoms with E-state index in [9.17, 15) is 19.7 Å². The van der Waals surface area contributed by atoms with Gasteiger partial charge in [-0.15, -0.1) is 11.3 Å². The Hall–Kier alpha value is -2.94. The summed E-state index contributed by atoms with van der Waals surface area (Å²) in [4.78, 5) is 37.7. The molecule has 2 heterocycles. The number of carbonyl (C=O) groups is 2. The number of nitro groups is 1. The zero-order valence-electron chi connectivity index (χ0n) is 14.6. The van der Waals surface area contributed by atoms with Gasteiger partial charge in [-0.25, -0.2) is 4.79 Å². The summed E-state index contributed by atoms with van der Waals surface area (Å²) in [5, 5.41) is 13.2. The van der Waals surface area contributed by atoms with Gasteiger partial charge in [-0.1, -0.05) is 6.07 Å². The molecule has 142 valence electrons. The highest BCUT2D eigenvalue weighted by Gasteiger charge is 2.31. The molecule has 1 unspecified atom stereocenters. The van der Waals surface area contributed by atoms with Crippen molar-refractivity contribution in [3.63, 3.8) is 0 Å². The topological polar surface area (TPSA) is 99.0 Å². The molecule has 0 saturated carbocycles. The van der Waals surface area contributed by atoms with Crippen molar-refractivity contribution in [3.8, 4) is 5.75 Å². The SMILES string of the molecule is COC(=O)c1ccc([N+](=O)[O-])c(OCC(=O)N2CCCC2c2cccs2)c1. The van der Waals surface area contributed by atoms with Gasteiger partial charge < -0.3 is 14.4 Å². The highest BCUT2D eigenvalue weighted by atomic mass is 32.1. The molecule has 9 heteroatoms. The van der Waals surface area contributed by atoms with Crippen molar-refractivity contribution in [1.82, 2.24) is 4.90 Å². The van der Waals surface area contributed by atoms with Crippen LogP contribution in [0, 0.1) is 10.1 Å². The highest BCUT2D eigenvalue weighted by Crippen LogP contribution is 2.35. The molecule has 2 aromatic rings. The van der Waals surface area contributed by atoms with Crippen LogP contribution in [0.1, 0.15) is 34.1 Å². The van der Waals surface area contributed by atoms with Gasteiger partial charge in [0.1, 0.15) is 0 Å². The Bertz CT molecular complexity index is 852. The van der Waals surface area contributed by atoms with Gasteiger partial charge in [-0.05, 0) is 30.4 Å². The first-order valence-corrected chi connectivity index (χ1v) is 9.21. The molecule has 1 saturated heterocycles. The Morgan fingerprint density at radius 1 is 1.37 bits per heavy atom. The number of hydrogen-bond acceptors (Lipinski definition) is 7. The summed E-state index contributed by atoms with van der Waals surface area (Å²) in [5.74, 6) is -1.02. The van der Waals surface area contributed by atoms with Crippen molar-refractivity contribution in [2.45, 2.75) is 18.9 Å². The average Bonchev–Trinajstić information content (AvgIpc) is 3.36. The summed E-state index contributed by atoms with van der Waals surface area (Å²) in [6.07, 6.45) is 1.77. The van der Waals surface area contributed by atoms with E-state index in [4.69, 9.17) is 4.74 Å². The van der Waals surface area contributed by atoms with Crippen LogP contribution in [0.3, 0.4) is 0 Å². The number of nitro benzene ring substituents is 1. The van der Waals surface area contributed by atoms with Crippen LogP contribution in [0.5, 0.6) is 5.75 Å². The molecule has 1 amide bonds. The van der Waals surface area contributed by atoms with E-state index in [1.807, 2.05) is 17.5 Å². The lowest BCUT2D eigenvalue weighted by Gasteiger charge is -2.23. The van der Waals surface area contributed by atoms with Gasteiger partial charge in [0.05, 0.1) is 23.6 Å². The fourth-order valence-electron chi connectivity index (χ4n) is 3.09. The first kappa shape index (κ1) is 18.8. The molecule has 1 aromatic heterocycles. The second-order valence-corrected chi connectivity index (χ2v) is 6.96. The van der Waals surface area contributed by atoms with Crippen molar-refractivity contribution in [1.29, 1.82) is 0 Å². The van der Waals surface area contributed by atoms with Crippen molar-refractivity contribution in [2.75, 3.05) is 20.3 Å². The molecule has 0 radical (unpaired) electrons. The molecular formula is C18H18N2O6S. The third kappa shape index (κ3) is 4.08. The van der Waals surface area contributed by atoms with E-state index in [-0.39, 0.29) is 35.6 Å². The number of rotatable bonds is 6. The summed E-state index contributed by atoms with van der Waals surface area (Å²) in [6.45, 7) is 0.280. The minimum absolute atomic E-state index is 0.0116. The molecule has 3 rings (SSSR count). The number of amides is 1. The van der Waals surface area contributed by atoms with E-state index < -0.39 is 10.9 Å². The summed E-state index contributed by atoms with van der Waals surface area (Å²) >= 11 is 1.59. The predicted octanol–water partition coefficient (Wildman–Crippen LogP) is 3.19. The van der Waals surface area contributed by atoms with Gasteiger partial charge >= 0.3 is 11.7 Å². The number of ether oxygens (including phenoxy) is 2. The number of hydrogen-bond donors (Lipinski definition) is 0. The lowest BCUT2D eigenvalue weighted by atomic mass is 10.2. The number of thiophene rings is 1. The zero-order valence-corrected chi connectivity index (χ0v) is 15.4. The van der Waals surface area contributed by atoms with Crippen LogP contribution in [0.2, 0.25) is 0 Å². The molecule has 0 N–H and O–H groups in total. The van der Waals surface area contributed by atoms with Gasteiger partial charge in [-0.2, -0.15) is 0 Å². The van der Waals surface area contributed by atoms with E-state index in [2.05, 4.69) is 4.74 Å². The van der Waals surface area contributed by atoms with Crippen molar-refractivity contribution < 1.29 is 24.0 Å². The third-order valence-corrected chi connectivity index (χ3v) is 5.35. The van der Waals surface area contributed by atoms with Crippen molar-refractivity contribution >= 4 is 28.9 Å². The lowest BCUT2D eigenvalue weighted by Crippen LogP contribution is -2.34. The first-order valence-electron chi connectivity index (χ1n) is 8.33. The Morgan fingerprint density at radius 2 is 2.19 bits per heavy atom. The van der Waals surface area contributed by atoms with Crippen LogP contribution in [0.4, 0.5) is 5.69 Å². The second-order valence-electron chi connectivity index (χ2n) is 5.98. The average molecular weight is 390 g/mol. The standard InChI is InChI=1S/C18H18N2O6S/c1-25-18(22)12-6-7-13(20(23)24)15(10-12)26-11-17(21)19-8-2-4-14(19)16-5-3-9-27-16/h3,5-7,9-10,14H,2,4,8,11H2,1H3. The molecule has 1 atom stereocenters. The molecule has 8 nitrogen and oxygen atoms in total. The molecule has 0 bridgehead atoms. The third-order valence-electron chi connectivity index (χ3n) is 4.37. The first-order chi connectivity index (χ1) is 13.0. The normalized spacial score (nSPS) is 16.2. The predicted molar refractivity (Wildman–Crippen MR) is 97.9 cm³/mol. The Morgan fingerprint density at radius 3 is 2.85 bits per heavy atom. The largest absolute Gasteiger partial charge is 0.477 e. The molecule has 1 fully saturated rings. The summed E-state index contributed by atoms with van der Waals surface area (Å²) in [7, 11) is 1.21. The van der Waals surface area contributed by atoms with Crippen molar-refractivity contribution in [2.24, 2.45) is 0 Å². The van der Waals surface area contributed by atoms with Gasteiger partial charge in [0.2, 0.25) is 0 Å². The van der Waals surface area contributed by atoms with Crippen LogP contribution in [0.15, 0.2) is 35.7 Å². The zero-order chi connectivity index (χ0) is 19.4. The maximum Gasteiger partial charge on any atom is 0.337 e. The molecule has 0 aliphatic carbocycles. The van der Waals surface area contributed by atoms with E-state index in [1.54, 1.807) is 16.2 Å². The molecular weight excluding hydrogens is 372 g/mol.